The van der Waals surface area contributed by atoms with Crippen LogP contribution in [0.4, 0.5) is 5.69 Å². The van der Waals surface area contributed by atoms with Gasteiger partial charge in [-0.2, -0.15) is 0 Å². The van der Waals surface area contributed by atoms with Crippen LogP contribution in [0.25, 0.3) is 0 Å². The van der Waals surface area contributed by atoms with E-state index in [1.165, 1.54) is 0 Å². The van der Waals surface area contributed by atoms with E-state index in [1.54, 1.807) is 7.11 Å². The van der Waals surface area contributed by atoms with Crippen LogP contribution in [0, 0.1) is 0 Å². The van der Waals surface area contributed by atoms with Gasteiger partial charge in [-0.15, -0.1) is 0 Å². The maximum absolute atomic E-state index is 12.2. The van der Waals surface area contributed by atoms with Crippen LogP contribution in [0.5, 0.6) is 5.75 Å². The first-order chi connectivity index (χ1) is 10.2. The summed E-state index contributed by atoms with van der Waals surface area (Å²) in [7, 11) is 3.49. The number of methoxy groups -OCH3 is 1. The molecule has 0 aliphatic heterocycles. The van der Waals surface area contributed by atoms with Crippen LogP contribution >= 0.6 is 0 Å². The third kappa shape index (κ3) is 4.07. The number of hydrogen-bond acceptors (Lipinski definition) is 3. The van der Waals surface area contributed by atoms with Crippen LogP contribution < -0.4 is 15.4 Å². The molecule has 0 atom stereocenters. The van der Waals surface area contributed by atoms with Crippen molar-refractivity contribution in [1.82, 2.24) is 5.32 Å². The predicted octanol–water partition coefficient (Wildman–Crippen LogP) is 2.60. The fourth-order valence-corrected chi connectivity index (χ4v) is 2.20. The van der Waals surface area contributed by atoms with Gasteiger partial charge in [-0.05, 0) is 24.7 Å². The summed E-state index contributed by atoms with van der Waals surface area (Å²) in [5.41, 5.74) is 2.78. The van der Waals surface area contributed by atoms with E-state index in [4.69, 9.17) is 4.74 Å². The molecule has 0 radical (unpaired) electrons. The number of benzene rings is 2. The van der Waals surface area contributed by atoms with Gasteiger partial charge in [0.2, 0.25) is 5.91 Å². The number of carbonyl (C=O) groups excluding carboxylic acids is 1. The van der Waals surface area contributed by atoms with E-state index >= 15 is 0 Å². The Labute approximate surface area is 125 Å². The van der Waals surface area contributed by atoms with Gasteiger partial charge in [0, 0.05) is 17.8 Å². The van der Waals surface area contributed by atoms with E-state index in [0.717, 1.165) is 22.6 Å². The lowest BCUT2D eigenvalue weighted by molar-refractivity contribution is -0.115. The zero-order valence-electron chi connectivity index (χ0n) is 12.3. The van der Waals surface area contributed by atoms with E-state index in [-0.39, 0.29) is 12.3 Å². The lowest BCUT2D eigenvalue weighted by Gasteiger charge is -2.12. The minimum Gasteiger partial charge on any atom is -0.496 e. The maximum Gasteiger partial charge on any atom is 0.228 e. The molecule has 4 heteroatoms. The molecule has 0 fully saturated rings. The predicted molar refractivity (Wildman–Crippen MR) is 84.5 cm³/mol. The first-order valence-corrected chi connectivity index (χ1v) is 6.89. The molecule has 4 nitrogen and oxygen atoms in total. The molecule has 1 amide bonds. The molecule has 110 valence electrons. The second-order valence-electron chi connectivity index (χ2n) is 4.72. The Morgan fingerprint density at radius 2 is 1.71 bits per heavy atom. The van der Waals surface area contributed by atoms with Crippen molar-refractivity contribution in [2.45, 2.75) is 13.0 Å². The normalized spacial score (nSPS) is 10.2. The summed E-state index contributed by atoms with van der Waals surface area (Å²) >= 11 is 0. The first kappa shape index (κ1) is 15.1. The fourth-order valence-electron chi connectivity index (χ4n) is 2.20. The number of nitrogens with one attached hydrogen (secondary N) is 2. The molecule has 0 saturated carbocycles. The molecule has 0 bridgehead atoms. The summed E-state index contributed by atoms with van der Waals surface area (Å²) in [6.07, 6.45) is 0.290. The van der Waals surface area contributed by atoms with Crippen molar-refractivity contribution in [3.63, 3.8) is 0 Å². The highest BCUT2D eigenvalue weighted by molar-refractivity contribution is 5.93. The lowest BCUT2D eigenvalue weighted by atomic mass is 10.1. The lowest BCUT2D eigenvalue weighted by Crippen LogP contribution is -2.17. The van der Waals surface area contributed by atoms with Crippen LogP contribution in [-0.2, 0) is 17.8 Å². The number of para-hydroxylation sites is 2. The van der Waals surface area contributed by atoms with E-state index in [2.05, 4.69) is 10.6 Å². The third-order valence-electron chi connectivity index (χ3n) is 3.20. The average molecular weight is 284 g/mol. The minimum absolute atomic E-state index is 0.0527. The van der Waals surface area contributed by atoms with Gasteiger partial charge >= 0.3 is 0 Å². The summed E-state index contributed by atoms with van der Waals surface area (Å²) in [5, 5.41) is 6.05. The molecule has 0 aromatic heterocycles. The van der Waals surface area contributed by atoms with Gasteiger partial charge in [0.05, 0.1) is 13.5 Å². The van der Waals surface area contributed by atoms with Crippen LogP contribution in [-0.4, -0.2) is 20.1 Å². The molecule has 0 aliphatic rings. The van der Waals surface area contributed by atoms with Crippen LogP contribution in [0.3, 0.4) is 0 Å². The topological polar surface area (TPSA) is 50.4 Å². The summed E-state index contributed by atoms with van der Waals surface area (Å²) in [6, 6.07) is 15.3. The first-order valence-electron chi connectivity index (χ1n) is 6.89. The largest absolute Gasteiger partial charge is 0.496 e. The molecule has 0 spiro atoms. The molecule has 0 saturated heterocycles. The van der Waals surface area contributed by atoms with Crippen molar-refractivity contribution >= 4 is 11.6 Å². The van der Waals surface area contributed by atoms with Crippen molar-refractivity contribution in [3.8, 4) is 5.75 Å². The van der Waals surface area contributed by atoms with E-state index in [9.17, 15) is 4.79 Å². The van der Waals surface area contributed by atoms with Gasteiger partial charge in [-0.25, -0.2) is 0 Å². The smallest absolute Gasteiger partial charge is 0.228 e. The molecular formula is C17H20N2O2. The van der Waals surface area contributed by atoms with Crippen molar-refractivity contribution < 1.29 is 9.53 Å². The van der Waals surface area contributed by atoms with Crippen molar-refractivity contribution in [1.29, 1.82) is 0 Å². The van der Waals surface area contributed by atoms with Crippen LogP contribution in [0.15, 0.2) is 48.5 Å². The van der Waals surface area contributed by atoms with E-state index in [0.29, 0.717) is 6.54 Å². The monoisotopic (exact) mass is 284 g/mol. The van der Waals surface area contributed by atoms with Gasteiger partial charge in [0.15, 0.2) is 0 Å². The van der Waals surface area contributed by atoms with Crippen molar-refractivity contribution in [3.05, 3.63) is 59.7 Å². The maximum atomic E-state index is 12.2. The number of rotatable bonds is 6. The highest BCUT2D eigenvalue weighted by Crippen LogP contribution is 2.19. The van der Waals surface area contributed by atoms with Crippen LogP contribution in [0.1, 0.15) is 11.1 Å². The molecule has 2 N–H and O–H groups in total. The fraction of sp³-hybridized carbons (Fsp3) is 0.235. The Kier molecular flexibility index (Phi) is 5.35. The van der Waals surface area contributed by atoms with E-state index < -0.39 is 0 Å². The van der Waals surface area contributed by atoms with Gasteiger partial charge in [-0.3, -0.25) is 4.79 Å². The number of carbonyl (C=O) groups is 1. The summed E-state index contributed by atoms with van der Waals surface area (Å²) in [6.45, 7) is 0.713. The minimum atomic E-state index is -0.0527. The summed E-state index contributed by atoms with van der Waals surface area (Å²) in [5.74, 6) is 0.680. The molecule has 0 heterocycles. The molecule has 2 aromatic rings. The Morgan fingerprint density at radius 1 is 1.05 bits per heavy atom. The van der Waals surface area contributed by atoms with Crippen molar-refractivity contribution in [2.24, 2.45) is 0 Å². The molecule has 2 rings (SSSR count). The van der Waals surface area contributed by atoms with Gasteiger partial charge < -0.3 is 15.4 Å². The summed E-state index contributed by atoms with van der Waals surface area (Å²) < 4.78 is 5.27. The van der Waals surface area contributed by atoms with Crippen molar-refractivity contribution in [2.75, 3.05) is 19.5 Å². The zero-order chi connectivity index (χ0) is 15.1. The Morgan fingerprint density at radius 3 is 2.43 bits per heavy atom. The Bertz CT molecular complexity index is 611. The second-order valence-corrected chi connectivity index (χ2v) is 4.72. The SMILES string of the molecule is CNCc1ccccc1NC(=O)Cc1ccccc1OC. The van der Waals surface area contributed by atoms with Gasteiger partial charge in [0.25, 0.3) is 0 Å². The number of ether oxygens (including phenoxy) is 1. The Balaban J connectivity index is 2.08. The molecule has 0 unspecified atom stereocenters. The molecule has 0 aliphatic carbocycles. The third-order valence-corrected chi connectivity index (χ3v) is 3.20. The molecule has 21 heavy (non-hydrogen) atoms. The average Bonchev–Trinajstić information content (AvgIpc) is 2.50. The van der Waals surface area contributed by atoms with E-state index in [1.807, 2.05) is 55.6 Å². The van der Waals surface area contributed by atoms with Gasteiger partial charge in [0.1, 0.15) is 5.75 Å². The quantitative estimate of drug-likeness (QED) is 0.857. The number of hydrogen-bond donors (Lipinski definition) is 2. The van der Waals surface area contributed by atoms with Crippen LogP contribution in [0.2, 0.25) is 0 Å². The highest BCUT2D eigenvalue weighted by Gasteiger charge is 2.10. The zero-order valence-corrected chi connectivity index (χ0v) is 12.3. The molecule has 2 aromatic carbocycles. The number of anilines is 1. The molecular weight excluding hydrogens is 264 g/mol. The number of amides is 1. The highest BCUT2D eigenvalue weighted by atomic mass is 16.5. The second kappa shape index (κ2) is 7.45. The standard InChI is InChI=1S/C17H20N2O2/c1-18-12-14-8-3-5-9-15(14)19-17(20)11-13-7-4-6-10-16(13)21-2/h3-10,18H,11-12H2,1-2H3,(H,19,20). The Hall–Kier alpha value is -2.33. The summed E-state index contributed by atoms with van der Waals surface area (Å²) in [4.78, 5) is 12.2. The van der Waals surface area contributed by atoms with Gasteiger partial charge in [-0.1, -0.05) is 36.4 Å².